The third-order valence-corrected chi connectivity index (χ3v) is 5.88. The monoisotopic (exact) mass is 383 g/mol. The number of aliphatic hydroxyl groups is 1. The van der Waals surface area contributed by atoms with Gasteiger partial charge >= 0.3 is 6.18 Å². The Morgan fingerprint density at radius 3 is 2.62 bits per heavy atom. The summed E-state index contributed by atoms with van der Waals surface area (Å²) in [6.45, 7) is 0.679. The molecule has 1 unspecified atom stereocenters. The van der Waals surface area contributed by atoms with Crippen LogP contribution >= 0.6 is 11.3 Å². The quantitative estimate of drug-likeness (QED) is 0.775. The molecule has 1 atom stereocenters. The smallest absolute Gasteiger partial charge is 0.395 e. The van der Waals surface area contributed by atoms with Crippen molar-refractivity contribution in [2.75, 3.05) is 19.7 Å². The Bertz CT molecular complexity index is 758. The van der Waals surface area contributed by atoms with Crippen LogP contribution in [0, 0.1) is 0 Å². The van der Waals surface area contributed by atoms with Crippen LogP contribution in [0.2, 0.25) is 0 Å². The van der Waals surface area contributed by atoms with E-state index >= 15 is 0 Å². The standard InChI is InChI=1S/C19H20F3NO2S/c20-19(21,22)18-15(13-6-2-1-3-7-13)10-17(26-18)16(25)11-23-9-5-4-8-14(23)12-24/h1-3,6-7,10,14,24H,4-5,8-9,11-12H2. The fourth-order valence-electron chi connectivity index (χ4n) is 3.31. The summed E-state index contributed by atoms with van der Waals surface area (Å²) in [6.07, 6.45) is -1.78. The van der Waals surface area contributed by atoms with Gasteiger partial charge in [0.15, 0.2) is 5.78 Å². The molecule has 1 saturated heterocycles. The molecule has 1 aromatic heterocycles. The summed E-state index contributed by atoms with van der Waals surface area (Å²) in [5, 5.41) is 9.45. The molecule has 0 saturated carbocycles. The van der Waals surface area contributed by atoms with Crippen molar-refractivity contribution in [2.24, 2.45) is 0 Å². The molecule has 2 aromatic rings. The summed E-state index contributed by atoms with van der Waals surface area (Å²) in [6, 6.07) is 9.56. The summed E-state index contributed by atoms with van der Waals surface area (Å²) in [7, 11) is 0. The van der Waals surface area contributed by atoms with E-state index in [0.29, 0.717) is 23.4 Å². The number of aliphatic hydroxyl groups excluding tert-OH is 1. The van der Waals surface area contributed by atoms with Gasteiger partial charge < -0.3 is 5.11 Å². The molecular weight excluding hydrogens is 363 g/mol. The van der Waals surface area contributed by atoms with Crippen LogP contribution in [-0.4, -0.2) is 41.5 Å². The zero-order chi connectivity index (χ0) is 18.7. The largest absolute Gasteiger partial charge is 0.426 e. The van der Waals surface area contributed by atoms with Gasteiger partial charge in [-0.1, -0.05) is 36.8 Å². The number of halogens is 3. The van der Waals surface area contributed by atoms with Gasteiger partial charge in [0.1, 0.15) is 4.88 Å². The van der Waals surface area contributed by atoms with Crippen molar-refractivity contribution in [3.63, 3.8) is 0 Å². The van der Waals surface area contributed by atoms with E-state index in [0.717, 1.165) is 19.3 Å². The average Bonchev–Trinajstić information content (AvgIpc) is 3.09. The molecule has 140 valence electrons. The van der Waals surface area contributed by atoms with Gasteiger partial charge in [-0.15, -0.1) is 11.3 Å². The van der Waals surface area contributed by atoms with Gasteiger partial charge in [-0.2, -0.15) is 13.2 Å². The van der Waals surface area contributed by atoms with E-state index < -0.39 is 11.1 Å². The van der Waals surface area contributed by atoms with E-state index in [-0.39, 0.29) is 35.4 Å². The lowest BCUT2D eigenvalue weighted by Crippen LogP contribution is -2.44. The lowest BCUT2D eigenvalue weighted by Gasteiger charge is -2.33. The van der Waals surface area contributed by atoms with Gasteiger partial charge in [0.05, 0.1) is 18.0 Å². The van der Waals surface area contributed by atoms with Gasteiger partial charge in [0.25, 0.3) is 0 Å². The third kappa shape index (κ3) is 4.16. The molecule has 0 aliphatic carbocycles. The average molecular weight is 383 g/mol. The lowest BCUT2D eigenvalue weighted by atomic mass is 10.0. The predicted molar refractivity (Wildman–Crippen MR) is 95.4 cm³/mol. The molecule has 1 aliphatic heterocycles. The highest BCUT2D eigenvalue weighted by Crippen LogP contribution is 2.43. The van der Waals surface area contributed by atoms with Crippen molar-refractivity contribution < 1.29 is 23.1 Å². The van der Waals surface area contributed by atoms with Crippen LogP contribution in [0.15, 0.2) is 36.4 Å². The Kier molecular flexibility index (Phi) is 5.79. The van der Waals surface area contributed by atoms with Crippen LogP contribution in [0.3, 0.4) is 0 Å². The number of ketones is 1. The van der Waals surface area contributed by atoms with Gasteiger partial charge in [0.2, 0.25) is 0 Å². The summed E-state index contributed by atoms with van der Waals surface area (Å²) in [4.78, 5) is 13.9. The van der Waals surface area contributed by atoms with Crippen LogP contribution in [0.5, 0.6) is 0 Å². The van der Waals surface area contributed by atoms with Crippen LogP contribution in [0.4, 0.5) is 13.2 Å². The second-order valence-corrected chi connectivity index (χ2v) is 7.50. The number of piperidine rings is 1. The minimum absolute atomic E-state index is 0.0390. The second-order valence-electron chi connectivity index (χ2n) is 6.44. The first-order chi connectivity index (χ1) is 12.4. The van der Waals surface area contributed by atoms with Crippen LogP contribution < -0.4 is 0 Å². The van der Waals surface area contributed by atoms with Gasteiger partial charge in [-0.05, 0) is 31.0 Å². The number of Topliss-reactive ketones (excluding diaryl/α,β-unsaturated/α-hetero) is 1. The molecule has 7 heteroatoms. The number of carbonyl (C=O) groups excluding carboxylic acids is 1. The maximum Gasteiger partial charge on any atom is 0.426 e. The van der Waals surface area contributed by atoms with Crippen molar-refractivity contribution in [3.8, 4) is 11.1 Å². The fourth-order valence-corrected chi connectivity index (χ4v) is 4.29. The number of carbonyl (C=O) groups is 1. The molecule has 26 heavy (non-hydrogen) atoms. The summed E-state index contributed by atoms with van der Waals surface area (Å²) >= 11 is 0.503. The van der Waals surface area contributed by atoms with E-state index in [4.69, 9.17) is 0 Å². The van der Waals surface area contributed by atoms with E-state index in [9.17, 15) is 23.1 Å². The summed E-state index contributed by atoms with van der Waals surface area (Å²) < 4.78 is 40.3. The summed E-state index contributed by atoms with van der Waals surface area (Å²) in [5.41, 5.74) is 0.491. The predicted octanol–water partition coefficient (Wildman–Crippen LogP) is 4.46. The molecule has 2 heterocycles. The number of hydrogen-bond donors (Lipinski definition) is 1. The first-order valence-corrected chi connectivity index (χ1v) is 9.36. The number of benzene rings is 1. The number of hydrogen-bond acceptors (Lipinski definition) is 4. The lowest BCUT2D eigenvalue weighted by molar-refractivity contribution is -0.133. The Morgan fingerprint density at radius 2 is 1.96 bits per heavy atom. The molecule has 3 rings (SSSR count). The molecule has 1 fully saturated rings. The van der Waals surface area contributed by atoms with Crippen LogP contribution in [0.25, 0.3) is 11.1 Å². The molecular formula is C19H20F3NO2S. The number of likely N-dealkylation sites (tertiary alicyclic amines) is 1. The number of alkyl halides is 3. The molecule has 0 amide bonds. The molecule has 0 bridgehead atoms. The SMILES string of the molecule is O=C(CN1CCCCC1CO)c1cc(-c2ccccc2)c(C(F)(F)F)s1. The zero-order valence-electron chi connectivity index (χ0n) is 14.1. The highest BCUT2D eigenvalue weighted by molar-refractivity contribution is 7.14. The molecule has 1 aromatic carbocycles. The number of nitrogens with zero attached hydrogens (tertiary/aromatic N) is 1. The van der Waals surface area contributed by atoms with E-state index in [1.165, 1.54) is 6.07 Å². The normalized spacial score (nSPS) is 18.8. The second kappa shape index (κ2) is 7.90. The van der Waals surface area contributed by atoms with Gasteiger partial charge in [-0.25, -0.2) is 0 Å². The van der Waals surface area contributed by atoms with Gasteiger partial charge in [-0.3, -0.25) is 9.69 Å². The summed E-state index contributed by atoms with van der Waals surface area (Å²) in [5.74, 6) is -0.331. The molecule has 1 N–H and O–H groups in total. The molecule has 0 spiro atoms. The Morgan fingerprint density at radius 1 is 1.23 bits per heavy atom. The van der Waals surface area contributed by atoms with Crippen molar-refractivity contribution in [3.05, 3.63) is 46.2 Å². The first-order valence-electron chi connectivity index (χ1n) is 8.54. The Balaban J connectivity index is 1.88. The Hall–Kier alpha value is -1.70. The number of rotatable bonds is 5. The number of thiophene rings is 1. The maximum absolute atomic E-state index is 13.4. The topological polar surface area (TPSA) is 40.5 Å². The van der Waals surface area contributed by atoms with E-state index in [1.807, 2.05) is 4.90 Å². The van der Waals surface area contributed by atoms with Crippen molar-refractivity contribution in [2.45, 2.75) is 31.5 Å². The minimum atomic E-state index is -4.51. The van der Waals surface area contributed by atoms with Crippen LogP contribution in [0.1, 0.15) is 33.8 Å². The molecule has 3 nitrogen and oxygen atoms in total. The first kappa shape index (κ1) is 19.1. The van der Waals surface area contributed by atoms with Gasteiger partial charge in [0, 0.05) is 11.6 Å². The van der Waals surface area contributed by atoms with Crippen molar-refractivity contribution >= 4 is 17.1 Å². The maximum atomic E-state index is 13.4. The van der Waals surface area contributed by atoms with Crippen LogP contribution in [-0.2, 0) is 6.18 Å². The highest BCUT2D eigenvalue weighted by atomic mass is 32.1. The molecule has 0 radical (unpaired) electrons. The molecule has 1 aliphatic rings. The van der Waals surface area contributed by atoms with E-state index in [1.54, 1.807) is 30.3 Å². The van der Waals surface area contributed by atoms with Crippen molar-refractivity contribution in [1.82, 2.24) is 4.90 Å². The Labute approximate surface area is 154 Å². The highest BCUT2D eigenvalue weighted by Gasteiger charge is 2.37. The fraction of sp³-hybridized carbons (Fsp3) is 0.421. The van der Waals surface area contributed by atoms with E-state index in [2.05, 4.69) is 0 Å². The van der Waals surface area contributed by atoms with Crippen molar-refractivity contribution in [1.29, 1.82) is 0 Å². The zero-order valence-corrected chi connectivity index (χ0v) is 14.9. The minimum Gasteiger partial charge on any atom is -0.395 e. The third-order valence-electron chi connectivity index (χ3n) is 4.66.